The molecule has 9 aliphatic carbocycles. The highest BCUT2D eigenvalue weighted by Gasteiger charge is 2.83. The van der Waals surface area contributed by atoms with Gasteiger partial charge in [-0.1, -0.05) is 183 Å². The zero-order valence-electron chi connectivity index (χ0n) is 85.8. The highest BCUT2D eigenvalue weighted by molar-refractivity contribution is 6.74. The molecule has 28 nitrogen and oxygen atoms in total. The minimum Gasteiger partial charge on any atom is -0.455 e. The summed E-state index contributed by atoms with van der Waals surface area (Å²) < 4.78 is 112. The summed E-state index contributed by atoms with van der Waals surface area (Å²) in [6, 6.07) is 31.6. The molecule has 758 valence electrons. The summed E-state index contributed by atoms with van der Waals surface area (Å²) in [5.41, 5.74) is -9.16. The summed E-state index contributed by atoms with van der Waals surface area (Å²) in [4.78, 5) is 80.8. The largest absolute Gasteiger partial charge is 0.455 e. The molecule has 30 heteroatoms. The molecule has 18 rings (SSSR count). The predicted molar refractivity (Wildman–Crippen MR) is 513 cm³/mol. The number of ether oxygens (including phenoxy) is 15. The van der Waals surface area contributed by atoms with E-state index in [-0.39, 0.29) is 45.5 Å². The predicted octanol–water partition coefficient (Wildman–Crippen LogP) is 15.7. The Morgan fingerprint density at radius 1 is 0.391 bits per heavy atom. The third-order valence-corrected chi connectivity index (χ3v) is 45.5. The van der Waals surface area contributed by atoms with Crippen molar-refractivity contribution in [2.75, 3.05) is 19.8 Å². The van der Waals surface area contributed by atoms with E-state index in [1.807, 2.05) is 147 Å². The van der Waals surface area contributed by atoms with E-state index in [0.717, 1.165) is 64.1 Å². The number of esters is 6. The van der Waals surface area contributed by atoms with Gasteiger partial charge in [0.2, 0.25) is 0 Å². The first kappa shape index (κ1) is 104. The molecule has 0 spiro atoms. The second-order valence-corrected chi connectivity index (χ2v) is 55.1. The molecule has 6 aliphatic heterocycles. The van der Waals surface area contributed by atoms with Crippen LogP contribution in [0.4, 0.5) is 0 Å². The minimum atomic E-state index is -2.24. The number of carbonyl (C=O) groups excluding carboxylic acids is 6. The number of aliphatic hydroxyl groups is 5. The Morgan fingerprint density at radius 3 is 1.01 bits per heavy atom. The zero-order chi connectivity index (χ0) is 101. The summed E-state index contributed by atoms with van der Waals surface area (Å²) in [6.07, 6.45) is -4.31. The van der Waals surface area contributed by atoms with Gasteiger partial charge in [-0.05, 0) is 168 Å². The summed E-state index contributed by atoms with van der Waals surface area (Å²) >= 11 is 0. The van der Waals surface area contributed by atoms with E-state index in [1.54, 1.807) is 78.9 Å². The molecule has 138 heavy (non-hydrogen) atoms. The van der Waals surface area contributed by atoms with Crippen molar-refractivity contribution in [1.29, 1.82) is 0 Å². The molecular formula is C108H150O28Si2. The van der Waals surface area contributed by atoms with Crippen LogP contribution in [0.15, 0.2) is 149 Å². The quantitative estimate of drug-likeness (QED) is 0.0322. The average molecular weight is 1950 g/mol. The van der Waals surface area contributed by atoms with Crippen molar-refractivity contribution >= 4 is 52.5 Å². The number of hydrogen-bond donors (Lipinski definition) is 5. The molecule has 6 bridgehead atoms. The van der Waals surface area contributed by atoms with Crippen LogP contribution >= 0.6 is 0 Å². The number of carbonyl (C=O) groups is 6. The van der Waals surface area contributed by atoms with Gasteiger partial charge in [0.15, 0.2) is 50.8 Å². The fourth-order valence-electron chi connectivity index (χ4n) is 28.2. The summed E-state index contributed by atoms with van der Waals surface area (Å²) in [7, 11) is -4.43. The third-order valence-electron chi connectivity index (χ3n) is 36.2. The second-order valence-electron chi connectivity index (χ2n) is 45.7. The second kappa shape index (κ2) is 35.7. The Labute approximate surface area is 815 Å². The maximum Gasteiger partial charge on any atom is 0.338 e. The van der Waals surface area contributed by atoms with E-state index in [9.17, 15) is 54.3 Å². The lowest BCUT2D eigenvalue weighted by Gasteiger charge is -2.69. The number of hydrogen-bond acceptors (Lipinski definition) is 28. The van der Waals surface area contributed by atoms with Gasteiger partial charge in [-0.15, -0.1) is 0 Å². The van der Waals surface area contributed by atoms with Crippen molar-refractivity contribution in [3.8, 4) is 0 Å². The average Bonchev–Trinajstić information content (AvgIpc) is 1.18. The number of fused-ring (bicyclic) bond motifs is 24. The van der Waals surface area contributed by atoms with Crippen molar-refractivity contribution in [3.05, 3.63) is 165 Å². The van der Waals surface area contributed by atoms with Crippen LogP contribution in [-0.4, -0.2) is 246 Å². The molecule has 6 heterocycles. The summed E-state index contributed by atoms with van der Waals surface area (Å²) in [6.45, 7) is 52.2. The van der Waals surface area contributed by atoms with E-state index >= 15 is 0 Å². The molecular weight excluding hydrogens is 1800 g/mol. The van der Waals surface area contributed by atoms with Gasteiger partial charge in [-0.2, -0.15) is 0 Å². The van der Waals surface area contributed by atoms with Crippen molar-refractivity contribution in [3.63, 3.8) is 0 Å². The molecule has 0 amide bonds. The molecule has 0 radical (unpaired) electrons. The van der Waals surface area contributed by atoms with E-state index in [4.69, 9.17) is 79.9 Å². The van der Waals surface area contributed by atoms with E-state index in [2.05, 4.69) is 55.4 Å². The summed E-state index contributed by atoms with van der Waals surface area (Å²) in [5.74, 6) is -8.93. The number of rotatable bonds is 19. The monoisotopic (exact) mass is 1950 g/mol. The Balaban J connectivity index is 0.000000150. The Kier molecular flexibility index (Phi) is 26.9. The lowest BCUT2D eigenvalue weighted by atomic mass is 9.44. The van der Waals surface area contributed by atoms with Gasteiger partial charge in [0.1, 0.15) is 83.9 Å². The van der Waals surface area contributed by atoms with Crippen molar-refractivity contribution in [1.82, 2.24) is 0 Å². The highest BCUT2D eigenvalue weighted by Crippen LogP contribution is 2.72. The lowest BCUT2D eigenvalue weighted by Crippen LogP contribution is -2.82. The van der Waals surface area contributed by atoms with Crippen LogP contribution in [0.5, 0.6) is 0 Å². The molecule has 5 N–H and O–H groups in total. The molecule has 28 atom stereocenters. The van der Waals surface area contributed by atoms with Crippen LogP contribution in [0.1, 0.15) is 244 Å². The molecule has 3 aromatic rings. The standard InChI is InChI=1S/C38H56O10Si.C38H54O9Si.C32H40O9/c1-11-49(12-2,13-3)48-25-20-38(42)32(44-33(41)24-17-15-14-16-18-24)30-36(10,26(40)19-27-37(30,21-43-27)45-23(5)39)31-29(46-35(8,9)47-31)28(22(25)4)34(38,6)7;1-11-48(12-2,13-3)47-26-21-38(41)32(43-33(40)25-17-15-14-16-18-25)30-36(10,20-19-27-37(30,22-42-27)44-24(5)39)31-29(45-35(8,9)46-31)28(23(26)4)34(38,6)7;1-17-20(34)15-32(36)26(38-27(35)19-11-9-8-10-12-19)24-30(7,14-13-21-31(24,16-37-21)39-18(2)33)25-23(22(17)28(32,3)4)40-29(5,6)41-25/h14-18,25-27,29-32,40,42H,11-13,19-21H2,1-10H3;14-20,26-27,29-32,41H,11-13,21-22H2,1-10H3;8-14,20-21,23-26,34,36H,15-16H2,1-7H3/t25-,26-,27+,29+,30-,31+,32-,36+,37-,38+;26-,27+,29+,30-,31+,32-,36+,37-,38+;20-,21+,23+,24-,25+,26-,30+,31-,32+/m000/s1. The third kappa shape index (κ3) is 15.9. The van der Waals surface area contributed by atoms with Crippen LogP contribution in [0, 0.1) is 50.2 Å². The van der Waals surface area contributed by atoms with Crippen molar-refractivity contribution in [2.24, 2.45) is 50.2 Å². The van der Waals surface area contributed by atoms with Gasteiger partial charge in [0, 0.05) is 78.9 Å². The Hall–Kier alpha value is -7.03. The number of aliphatic hydroxyl groups excluding tert-OH is 2. The zero-order valence-corrected chi connectivity index (χ0v) is 87.8. The van der Waals surface area contributed by atoms with Crippen LogP contribution < -0.4 is 0 Å². The normalized spacial score (nSPS) is 40.9. The van der Waals surface area contributed by atoms with Gasteiger partial charge in [-0.25, -0.2) is 14.4 Å². The molecule has 10 fully saturated rings. The first-order valence-corrected chi connectivity index (χ1v) is 55.1. The smallest absolute Gasteiger partial charge is 0.338 e. The lowest BCUT2D eigenvalue weighted by molar-refractivity contribution is -0.362. The maximum atomic E-state index is 14.2. The molecule has 0 aromatic heterocycles. The SMILES string of the molecule is CC(=O)O[C@@]12CO[C@@H]1C=C[C@@]1(C)[C@@H]3OC(C)(C)O[C@@H]3C3=C(C)[C@@H](O)C[C@@](O)([C@@H](OC(=O)c4ccccc4)[C@@H]12)C3(C)C.CC[Si](CC)(CC)O[C@H]1C[C@@]2(O)[C@@H](OC(=O)c3ccccc3)[C@@H]3[C@]4(OC(C)=O)CO[C@@H]4C[C@H](O)[C@@]3(C)[C@@H]3OC(C)(C)O[C@@H]3C(=C1C)C2(C)C.CC[Si](CC)(CC)O[C@H]1C[C@@]2(O)[C@@H](OC(=O)c3ccccc3)[C@H]3[C@@](C)(C=C[C@H]4OC[C@]43OC(C)=O)[C@@H]3OC(C)(C)O[C@@H]3C(=C1C)C2(C)C. The highest BCUT2D eigenvalue weighted by atomic mass is 28.4. The van der Waals surface area contributed by atoms with Crippen LogP contribution in [0.25, 0.3) is 0 Å². The van der Waals surface area contributed by atoms with Gasteiger partial charge < -0.3 is 105 Å². The fraction of sp³-hybridized carbons (Fsp3) is 0.685. The van der Waals surface area contributed by atoms with Crippen LogP contribution in [0.3, 0.4) is 0 Å². The topological polar surface area (TPSA) is 360 Å². The Bertz CT molecular complexity index is 5330. The molecule has 3 aromatic carbocycles. The van der Waals surface area contributed by atoms with Crippen LogP contribution in [-0.2, 0) is 94.3 Å². The van der Waals surface area contributed by atoms with Gasteiger partial charge >= 0.3 is 35.8 Å². The molecule has 15 aliphatic rings. The maximum absolute atomic E-state index is 14.2. The van der Waals surface area contributed by atoms with Gasteiger partial charge in [-0.3, -0.25) is 14.4 Å². The molecule has 6 saturated heterocycles. The first-order valence-electron chi connectivity index (χ1n) is 50.1. The van der Waals surface area contributed by atoms with Crippen molar-refractivity contribution in [2.45, 2.75) is 398 Å². The van der Waals surface area contributed by atoms with E-state index in [1.165, 1.54) is 20.8 Å². The van der Waals surface area contributed by atoms with E-state index < -0.39 is 251 Å². The Morgan fingerprint density at radius 2 is 0.696 bits per heavy atom. The first-order chi connectivity index (χ1) is 64.4. The molecule has 4 saturated carbocycles. The van der Waals surface area contributed by atoms with Gasteiger partial charge in [0.05, 0.1) is 84.8 Å². The number of benzene rings is 3. The van der Waals surface area contributed by atoms with Gasteiger partial charge in [0.25, 0.3) is 0 Å². The molecule has 0 unspecified atom stereocenters. The minimum absolute atomic E-state index is 0.0148. The van der Waals surface area contributed by atoms with Crippen LogP contribution in [0.2, 0.25) is 36.3 Å². The van der Waals surface area contributed by atoms with E-state index in [0.29, 0.717) is 22.3 Å². The fourth-order valence-corrected chi connectivity index (χ4v) is 34.0. The summed E-state index contributed by atoms with van der Waals surface area (Å²) in [5, 5.41) is 64.1. The van der Waals surface area contributed by atoms with Crippen molar-refractivity contribution < 1.29 is 134 Å².